The number of benzene rings is 2. The molecule has 172 valence electrons. The number of likely N-dealkylation sites (tertiary alicyclic amines) is 1. The summed E-state index contributed by atoms with van der Waals surface area (Å²) in [5, 5.41) is 6.62. The Morgan fingerprint density at radius 1 is 1.16 bits per heavy atom. The molecule has 1 heterocycles. The van der Waals surface area contributed by atoms with E-state index in [-0.39, 0.29) is 17.6 Å². The van der Waals surface area contributed by atoms with E-state index in [1.54, 1.807) is 13.1 Å². The number of hydrogen-bond donors (Lipinski definition) is 2. The van der Waals surface area contributed by atoms with E-state index in [1.807, 2.05) is 48.2 Å². The molecule has 0 aromatic heterocycles. The average Bonchev–Trinajstić information content (AvgIpc) is 3.14. The van der Waals surface area contributed by atoms with Gasteiger partial charge in [-0.25, -0.2) is 4.39 Å². The van der Waals surface area contributed by atoms with Gasteiger partial charge in [0.25, 0.3) is 0 Å². The minimum absolute atomic E-state index is 0.187. The monoisotopic (exact) mass is 439 g/mol. The molecule has 2 aromatic rings. The second kappa shape index (κ2) is 11.6. The number of amides is 1. The first-order chi connectivity index (χ1) is 15.4. The van der Waals surface area contributed by atoms with E-state index >= 15 is 0 Å². The molecule has 1 unspecified atom stereocenters. The van der Waals surface area contributed by atoms with Gasteiger partial charge in [0.15, 0.2) is 5.96 Å². The molecule has 2 N–H and O–H groups in total. The van der Waals surface area contributed by atoms with Gasteiger partial charge < -0.3 is 20.4 Å². The molecular weight excluding hydrogens is 405 g/mol. The highest BCUT2D eigenvalue weighted by Crippen LogP contribution is 2.18. The molecule has 1 fully saturated rings. The van der Waals surface area contributed by atoms with E-state index in [9.17, 15) is 9.18 Å². The van der Waals surface area contributed by atoms with Crippen LogP contribution in [0.15, 0.2) is 53.5 Å². The van der Waals surface area contributed by atoms with Crippen LogP contribution < -0.4 is 10.6 Å². The van der Waals surface area contributed by atoms with Gasteiger partial charge >= 0.3 is 0 Å². The van der Waals surface area contributed by atoms with Crippen LogP contribution in [0.1, 0.15) is 23.1 Å². The summed E-state index contributed by atoms with van der Waals surface area (Å²) in [6, 6.07) is 15.4. The van der Waals surface area contributed by atoms with Crippen molar-refractivity contribution in [3.63, 3.8) is 0 Å². The van der Waals surface area contributed by atoms with Gasteiger partial charge in [-0.3, -0.25) is 9.79 Å². The van der Waals surface area contributed by atoms with Gasteiger partial charge in [-0.1, -0.05) is 36.4 Å². The number of carbonyl (C=O) groups is 1. The highest BCUT2D eigenvalue weighted by molar-refractivity contribution is 5.80. The minimum atomic E-state index is -0.187. The van der Waals surface area contributed by atoms with Gasteiger partial charge in [0.1, 0.15) is 5.82 Å². The van der Waals surface area contributed by atoms with Gasteiger partial charge in [-0.2, -0.15) is 0 Å². The Bertz CT molecular complexity index is 916. The Morgan fingerprint density at radius 2 is 1.94 bits per heavy atom. The Labute approximate surface area is 190 Å². The molecule has 7 heteroatoms. The van der Waals surface area contributed by atoms with Crippen LogP contribution in [0, 0.1) is 11.7 Å². The molecule has 0 aliphatic carbocycles. The maximum Gasteiger partial charge on any atom is 0.223 e. The van der Waals surface area contributed by atoms with Crippen LogP contribution in [0.5, 0.6) is 0 Å². The summed E-state index contributed by atoms with van der Waals surface area (Å²) in [6.45, 7) is 3.31. The third-order valence-corrected chi connectivity index (χ3v) is 5.65. The number of rotatable bonds is 9. The summed E-state index contributed by atoms with van der Waals surface area (Å²) >= 11 is 0. The predicted octanol–water partition coefficient (Wildman–Crippen LogP) is 2.64. The smallest absolute Gasteiger partial charge is 0.223 e. The van der Waals surface area contributed by atoms with E-state index in [0.29, 0.717) is 37.6 Å². The fourth-order valence-electron chi connectivity index (χ4n) is 3.96. The molecule has 1 amide bonds. The van der Waals surface area contributed by atoms with Crippen LogP contribution in [-0.4, -0.2) is 62.4 Å². The van der Waals surface area contributed by atoms with Crippen molar-refractivity contribution in [2.75, 3.05) is 40.8 Å². The first kappa shape index (κ1) is 23.7. The first-order valence-corrected chi connectivity index (χ1v) is 11.1. The van der Waals surface area contributed by atoms with Crippen LogP contribution in [0.4, 0.5) is 4.39 Å². The fraction of sp³-hybridized carbons (Fsp3) is 0.440. The zero-order chi connectivity index (χ0) is 22.9. The average molecular weight is 440 g/mol. The van der Waals surface area contributed by atoms with Crippen molar-refractivity contribution in [2.24, 2.45) is 10.9 Å². The lowest BCUT2D eigenvalue weighted by atomic mass is 10.1. The van der Waals surface area contributed by atoms with E-state index < -0.39 is 0 Å². The number of halogens is 1. The second-order valence-corrected chi connectivity index (χ2v) is 8.62. The molecule has 0 saturated carbocycles. The fourth-order valence-corrected chi connectivity index (χ4v) is 3.96. The zero-order valence-corrected chi connectivity index (χ0v) is 19.3. The predicted molar refractivity (Wildman–Crippen MR) is 127 cm³/mol. The van der Waals surface area contributed by atoms with Crippen molar-refractivity contribution in [1.29, 1.82) is 0 Å². The molecule has 1 aliphatic heterocycles. The van der Waals surface area contributed by atoms with Crippen molar-refractivity contribution in [2.45, 2.75) is 25.9 Å². The quantitative estimate of drug-likeness (QED) is 0.466. The van der Waals surface area contributed by atoms with Crippen molar-refractivity contribution >= 4 is 11.9 Å². The first-order valence-electron chi connectivity index (χ1n) is 11.1. The lowest BCUT2D eigenvalue weighted by Gasteiger charge is -2.18. The lowest BCUT2D eigenvalue weighted by molar-refractivity contribution is -0.127. The molecular formula is C25H34FN5O. The maximum atomic E-state index is 14.0. The van der Waals surface area contributed by atoms with E-state index in [1.165, 1.54) is 11.6 Å². The summed E-state index contributed by atoms with van der Waals surface area (Å²) in [5.74, 6) is 0.969. The third-order valence-electron chi connectivity index (χ3n) is 5.65. The van der Waals surface area contributed by atoms with Crippen molar-refractivity contribution in [3.8, 4) is 0 Å². The zero-order valence-electron chi connectivity index (χ0n) is 19.3. The van der Waals surface area contributed by atoms with Crippen LogP contribution in [0.3, 0.4) is 0 Å². The van der Waals surface area contributed by atoms with E-state index in [4.69, 9.17) is 0 Å². The molecule has 32 heavy (non-hydrogen) atoms. The number of hydrogen-bond acceptors (Lipinski definition) is 3. The normalized spacial score (nSPS) is 16.7. The Balaban J connectivity index is 1.44. The van der Waals surface area contributed by atoms with Crippen LogP contribution in [0.2, 0.25) is 0 Å². The molecule has 0 bridgehead atoms. The molecule has 0 radical (unpaired) electrons. The minimum Gasteiger partial charge on any atom is -0.356 e. The van der Waals surface area contributed by atoms with Crippen LogP contribution in [0.25, 0.3) is 0 Å². The molecule has 1 saturated heterocycles. The molecule has 0 spiro atoms. The number of carbonyl (C=O) groups excluding carboxylic acids is 1. The maximum absolute atomic E-state index is 14.0. The molecule has 2 aromatic carbocycles. The largest absolute Gasteiger partial charge is 0.356 e. The second-order valence-electron chi connectivity index (χ2n) is 8.62. The number of guanidine groups is 1. The molecule has 6 nitrogen and oxygen atoms in total. The third kappa shape index (κ3) is 7.05. The Kier molecular flexibility index (Phi) is 8.62. The molecule has 1 atom stereocenters. The van der Waals surface area contributed by atoms with Crippen molar-refractivity contribution in [3.05, 3.63) is 71.0 Å². The van der Waals surface area contributed by atoms with E-state index in [0.717, 1.165) is 25.1 Å². The summed E-state index contributed by atoms with van der Waals surface area (Å²) in [4.78, 5) is 20.6. The topological polar surface area (TPSA) is 60.0 Å². The standard InChI is InChI=1S/C25H34FN5O/c1-27-25(28-15-20-9-10-23(26)22(13-20)18-30(2)3)29-16-21-14-24(32)31(17-21)12-11-19-7-5-4-6-8-19/h4-10,13,21H,11-12,14-18H2,1-3H3,(H2,27,28,29). The SMILES string of the molecule is CN=C(NCc1ccc(F)c(CN(C)C)c1)NCC1CC(=O)N(CCc2ccccc2)C1. The number of aliphatic imine (C=N–C) groups is 1. The highest BCUT2D eigenvalue weighted by Gasteiger charge is 2.29. The van der Waals surface area contributed by atoms with Crippen molar-refractivity contribution < 1.29 is 9.18 Å². The number of nitrogens with zero attached hydrogens (tertiary/aromatic N) is 3. The van der Waals surface area contributed by atoms with Gasteiger partial charge in [-0.05, 0) is 43.8 Å². The van der Waals surface area contributed by atoms with Gasteiger partial charge in [0.2, 0.25) is 5.91 Å². The van der Waals surface area contributed by atoms with Crippen molar-refractivity contribution in [1.82, 2.24) is 20.4 Å². The summed E-state index contributed by atoms with van der Waals surface area (Å²) in [5.41, 5.74) is 2.92. The van der Waals surface area contributed by atoms with Crippen LogP contribution >= 0.6 is 0 Å². The number of nitrogens with one attached hydrogen (secondary N) is 2. The van der Waals surface area contributed by atoms with Crippen LogP contribution in [-0.2, 0) is 24.3 Å². The summed E-state index contributed by atoms with van der Waals surface area (Å²) < 4.78 is 14.0. The highest BCUT2D eigenvalue weighted by atomic mass is 19.1. The summed E-state index contributed by atoms with van der Waals surface area (Å²) in [6.07, 6.45) is 1.44. The molecule has 1 aliphatic rings. The van der Waals surface area contributed by atoms with Gasteiger partial charge in [0, 0.05) is 57.7 Å². The summed E-state index contributed by atoms with van der Waals surface area (Å²) in [7, 11) is 5.57. The van der Waals surface area contributed by atoms with Gasteiger partial charge in [-0.15, -0.1) is 0 Å². The van der Waals surface area contributed by atoms with Gasteiger partial charge in [0.05, 0.1) is 0 Å². The van der Waals surface area contributed by atoms with E-state index in [2.05, 4.69) is 27.8 Å². The Hall–Kier alpha value is -2.93. The lowest BCUT2D eigenvalue weighted by Crippen LogP contribution is -2.40. The Morgan fingerprint density at radius 3 is 2.66 bits per heavy atom. The molecule has 3 rings (SSSR count).